The lowest BCUT2D eigenvalue weighted by Gasteiger charge is -1.92. The molecular weight excluding hydrogens is 211 g/mol. The second kappa shape index (κ2) is 2.95. The molecule has 0 saturated carbocycles. The Labute approximate surface area is 82.6 Å². The van der Waals surface area contributed by atoms with E-state index in [1.54, 1.807) is 0 Å². The summed E-state index contributed by atoms with van der Waals surface area (Å²) in [4.78, 5) is 14.1. The van der Waals surface area contributed by atoms with E-state index in [4.69, 9.17) is 16.7 Å². The van der Waals surface area contributed by atoms with Crippen LogP contribution in [0.4, 0.5) is 4.39 Å². The maximum absolute atomic E-state index is 13.3. The second-order valence-corrected chi connectivity index (χ2v) is 3.07. The van der Waals surface area contributed by atoms with Crippen LogP contribution >= 0.6 is 11.6 Å². The lowest BCUT2D eigenvalue weighted by Crippen LogP contribution is -2.00. The lowest BCUT2D eigenvalue weighted by atomic mass is 10.5. The monoisotopic (exact) mass is 214 g/mol. The van der Waals surface area contributed by atoms with Crippen LogP contribution in [0.5, 0.6) is 0 Å². The zero-order chi connectivity index (χ0) is 10.3. The molecule has 6 heteroatoms. The summed E-state index contributed by atoms with van der Waals surface area (Å²) in [7, 11) is 0. The molecule has 0 aliphatic heterocycles. The van der Waals surface area contributed by atoms with Gasteiger partial charge in [-0.15, -0.1) is 0 Å². The minimum absolute atomic E-state index is 0.174. The fourth-order valence-corrected chi connectivity index (χ4v) is 1.28. The quantitative estimate of drug-likeness (QED) is 0.788. The number of aromatic carboxylic acids is 1. The highest BCUT2D eigenvalue weighted by Gasteiger charge is 2.17. The predicted molar refractivity (Wildman–Crippen MR) is 47.1 cm³/mol. The Hall–Kier alpha value is -1.62. The van der Waals surface area contributed by atoms with Gasteiger partial charge in [0.2, 0.25) is 11.6 Å². The van der Waals surface area contributed by atoms with Gasteiger partial charge in [0.1, 0.15) is 5.65 Å². The molecule has 0 saturated heterocycles. The maximum Gasteiger partial charge on any atom is 0.359 e. The van der Waals surface area contributed by atoms with Crippen LogP contribution in [0.25, 0.3) is 5.65 Å². The third-order valence-electron chi connectivity index (χ3n) is 1.73. The number of halogens is 2. The Morgan fingerprint density at radius 3 is 3.00 bits per heavy atom. The topological polar surface area (TPSA) is 54.6 Å². The summed E-state index contributed by atoms with van der Waals surface area (Å²) in [6.45, 7) is 0. The number of rotatable bonds is 1. The van der Waals surface area contributed by atoms with Crippen molar-refractivity contribution in [1.82, 2.24) is 9.38 Å². The minimum Gasteiger partial charge on any atom is -0.476 e. The Morgan fingerprint density at radius 2 is 2.36 bits per heavy atom. The summed E-state index contributed by atoms with van der Waals surface area (Å²) in [5.74, 6) is -2.30. The number of hydrogen-bond donors (Lipinski definition) is 1. The minimum atomic E-state index is -1.40. The SMILES string of the molecule is O=C(O)c1nc2cc(Cl)ccn2c1F. The number of nitrogens with zero attached hydrogens (tertiary/aromatic N) is 2. The average molecular weight is 215 g/mol. The van der Waals surface area contributed by atoms with Gasteiger partial charge in [0.25, 0.3) is 0 Å². The van der Waals surface area contributed by atoms with Crippen molar-refractivity contribution in [2.75, 3.05) is 0 Å². The first-order valence-corrected chi connectivity index (χ1v) is 4.04. The smallest absolute Gasteiger partial charge is 0.359 e. The molecule has 1 N–H and O–H groups in total. The first-order chi connectivity index (χ1) is 6.59. The van der Waals surface area contributed by atoms with Crippen molar-refractivity contribution < 1.29 is 14.3 Å². The fraction of sp³-hybridized carbons (Fsp3) is 0. The molecule has 0 radical (unpaired) electrons. The summed E-state index contributed by atoms with van der Waals surface area (Å²) in [5.41, 5.74) is -0.431. The number of imidazole rings is 1. The molecule has 2 aromatic rings. The average Bonchev–Trinajstić information content (AvgIpc) is 2.43. The number of carboxylic acid groups (broad SMARTS) is 1. The molecule has 0 aliphatic rings. The second-order valence-electron chi connectivity index (χ2n) is 2.63. The van der Waals surface area contributed by atoms with Gasteiger partial charge in [-0.3, -0.25) is 4.40 Å². The number of aromatic nitrogens is 2. The van der Waals surface area contributed by atoms with E-state index in [1.165, 1.54) is 18.3 Å². The largest absolute Gasteiger partial charge is 0.476 e. The van der Waals surface area contributed by atoms with Crippen LogP contribution in [0.15, 0.2) is 18.3 Å². The van der Waals surface area contributed by atoms with E-state index in [9.17, 15) is 9.18 Å². The molecule has 2 heterocycles. The molecule has 0 aliphatic carbocycles. The van der Waals surface area contributed by atoms with Gasteiger partial charge in [0.15, 0.2) is 0 Å². The summed E-state index contributed by atoms with van der Waals surface area (Å²) >= 11 is 5.64. The molecule has 14 heavy (non-hydrogen) atoms. The summed E-state index contributed by atoms with van der Waals surface area (Å²) in [6, 6.07) is 2.84. The molecule has 0 aromatic carbocycles. The highest BCUT2D eigenvalue weighted by molar-refractivity contribution is 6.30. The van der Waals surface area contributed by atoms with Crippen molar-refractivity contribution in [3.05, 3.63) is 35.0 Å². The van der Waals surface area contributed by atoms with E-state index in [-0.39, 0.29) is 5.65 Å². The van der Waals surface area contributed by atoms with Crippen LogP contribution < -0.4 is 0 Å². The molecule has 0 fully saturated rings. The Kier molecular flexibility index (Phi) is 1.89. The molecule has 4 nitrogen and oxygen atoms in total. The van der Waals surface area contributed by atoms with Crippen LogP contribution in [0.1, 0.15) is 10.5 Å². The van der Waals surface area contributed by atoms with Gasteiger partial charge in [0.05, 0.1) is 0 Å². The van der Waals surface area contributed by atoms with E-state index in [2.05, 4.69) is 4.98 Å². The molecule has 0 amide bonds. The van der Waals surface area contributed by atoms with E-state index in [0.717, 1.165) is 4.40 Å². The van der Waals surface area contributed by atoms with Crippen LogP contribution in [0, 0.1) is 5.95 Å². The normalized spacial score (nSPS) is 10.7. The number of fused-ring (bicyclic) bond motifs is 1. The van der Waals surface area contributed by atoms with E-state index in [1.807, 2.05) is 0 Å². The molecule has 72 valence electrons. The van der Waals surface area contributed by atoms with Crippen molar-refractivity contribution >= 4 is 23.2 Å². The molecule has 2 rings (SSSR count). The van der Waals surface area contributed by atoms with E-state index in [0.29, 0.717) is 5.02 Å². The van der Waals surface area contributed by atoms with Gasteiger partial charge in [-0.1, -0.05) is 11.6 Å². The molecule has 0 atom stereocenters. The zero-order valence-electron chi connectivity index (χ0n) is 6.74. The summed E-state index contributed by atoms with van der Waals surface area (Å²) < 4.78 is 14.3. The first kappa shape index (κ1) is 8.96. The first-order valence-electron chi connectivity index (χ1n) is 3.66. The Bertz CT molecular complexity index is 523. The lowest BCUT2D eigenvalue weighted by molar-refractivity contribution is 0.0685. The van der Waals surface area contributed by atoms with Crippen LogP contribution in [0.2, 0.25) is 5.02 Å². The van der Waals surface area contributed by atoms with Gasteiger partial charge in [-0.2, -0.15) is 4.39 Å². The molecule has 0 spiro atoms. The standard InChI is InChI=1S/C8H4ClFN2O2/c9-4-1-2-12-5(3-4)11-6(7(12)10)8(13)14/h1-3H,(H,13,14). The predicted octanol–water partition coefficient (Wildman–Crippen LogP) is 1.82. The van der Waals surface area contributed by atoms with Crippen molar-refractivity contribution in [2.45, 2.75) is 0 Å². The molecular formula is C8H4ClFN2O2. The molecule has 0 bridgehead atoms. The van der Waals surface area contributed by atoms with Crippen LogP contribution in [-0.2, 0) is 0 Å². The zero-order valence-corrected chi connectivity index (χ0v) is 7.49. The highest BCUT2D eigenvalue weighted by Crippen LogP contribution is 2.15. The third-order valence-corrected chi connectivity index (χ3v) is 1.97. The number of carbonyl (C=O) groups is 1. The number of carboxylic acids is 1. The highest BCUT2D eigenvalue weighted by atomic mass is 35.5. The van der Waals surface area contributed by atoms with Crippen LogP contribution in [-0.4, -0.2) is 20.5 Å². The Morgan fingerprint density at radius 1 is 1.64 bits per heavy atom. The van der Waals surface area contributed by atoms with Gasteiger partial charge in [-0.05, 0) is 6.07 Å². The van der Waals surface area contributed by atoms with Gasteiger partial charge in [-0.25, -0.2) is 9.78 Å². The molecule has 2 aromatic heterocycles. The van der Waals surface area contributed by atoms with Crippen molar-refractivity contribution in [3.63, 3.8) is 0 Å². The Balaban J connectivity index is 2.79. The summed E-state index contributed by atoms with van der Waals surface area (Å²) in [6.07, 6.45) is 1.33. The van der Waals surface area contributed by atoms with Crippen molar-refractivity contribution in [1.29, 1.82) is 0 Å². The summed E-state index contributed by atoms with van der Waals surface area (Å²) in [5, 5.41) is 8.96. The van der Waals surface area contributed by atoms with Gasteiger partial charge >= 0.3 is 5.97 Å². The number of pyridine rings is 1. The van der Waals surface area contributed by atoms with Crippen LogP contribution in [0.3, 0.4) is 0 Å². The maximum atomic E-state index is 13.3. The fourth-order valence-electron chi connectivity index (χ4n) is 1.13. The van der Waals surface area contributed by atoms with Crippen molar-refractivity contribution in [3.8, 4) is 0 Å². The van der Waals surface area contributed by atoms with E-state index >= 15 is 0 Å². The molecule has 0 unspecified atom stereocenters. The van der Waals surface area contributed by atoms with Gasteiger partial charge in [0, 0.05) is 17.3 Å². The number of hydrogen-bond acceptors (Lipinski definition) is 2. The van der Waals surface area contributed by atoms with Crippen molar-refractivity contribution in [2.24, 2.45) is 0 Å². The van der Waals surface area contributed by atoms with Gasteiger partial charge < -0.3 is 5.11 Å². The van der Waals surface area contributed by atoms with E-state index < -0.39 is 17.6 Å². The third kappa shape index (κ3) is 1.22.